The van der Waals surface area contributed by atoms with Gasteiger partial charge in [-0.1, -0.05) is 6.92 Å². The quantitative estimate of drug-likeness (QED) is 0.460. The van der Waals surface area contributed by atoms with E-state index in [1.165, 1.54) is 0 Å². The highest BCUT2D eigenvalue weighted by atomic mass is 15.3. The monoisotopic (exact) mass is 234 g/mol. The average molecular weight is 234 g/mol. The normalized spacial score (nSPS) is 21.5. The fourth-order valence-corrected chi connectivity index (χ4v) is 1.44. The SMILES string of the molecule is CCNc1nc(N=[N+]=[N-])nc(NC2CC2C)n1. The van der Waals surface area contributed by atoms with Gasteiger partial charge in [-0.3, -0.25) is 0 Å². The summed E-state index contributed by atoms with van der Waals surface area (Å²) in [6, 6.07) is 0.408. The van der Waals surface area contributed by atoms with Crippen LogP contribution < -0.4 is 10.6 Å². The summed E-state index contributed by atoms with van der Waals surface area (Å²) in [5.41, 5.74) is 8.38. The Morgan fingerprint density at radius 2 is 2.12 bits per heavy atom. The molecule has 0 aliphatic heterocycles. The minimum Gasteiger partial charge on any atom is -0.354 e. The van der Waals surface area contributed by atoms with Gasteiger partial charge in [0.2, 0.25) is 17.8 Å². The second kappa shape index (κ2) is 4.84. The molecule has 0 amide bonds. The van der Waals surface area contributed by atoms with Crippen molar-refractivity contribution in [1.82, 2.24) is 15.0 Å². The van der Waals surface area contributed by atoms with Gasteiger partial charge in [0.25, 0.3) is 0 Å². The molecular weight excluding hydrogens is 220 g/mol. The molecule has 8 nitrogen and oxygen atoms in total. The van der Waals surface area contributed by atoms with E-state index in [9.17, 15) is 0 Å². The number of hydrogen-bond donors (Lipinski definition) is 2. The van der Waals surface area contributed by atoms with Gasteiger partial charge in [0.05, 0.1) is 0 Å². The van der Waals surface area contributed by atoms with Crippen molar-refractivity contribution in [2.75, 3.05) is 17.2 Å². The number of rotatable bonds is 5. The zero-order chi connectivity index (χ0) is 12.3. The lowest BCUT2D eigenvalue weighted by Gasteiger charge is -2.06. The summed E-state index contributed by atoms with van der Waals surface area (Å²) in [5.74, 6) is 1.58. The Morgan fingerprint density at radius 1 is 1.41 bits per heavy atom. The summed E-state index contributed by atoms with van der Waals surface area (Å²) in [7, 11) is 0. The fraction of sp³-hybridized carbons (Fsp3) is 0.667. The second-order valence-corrected chi connectivity index (χ2v) is 3.97. The van der Waals surface area contributed by atoms with Crippen LogP contribution >= 0.6 is 0 Å². The largest absolute Gasteiger partial charge is 0.354 e. The number of aromatic nitrogens is 3. The van der Waals surface area contributed by atoms with E-state index >= 15 is 0 Å². The third-order valence-corrected chi connectivity index (χ3v) is 2.52. The maximum atomic E-state index is 8.38. The molecule has 2 atom stereocenters. The van der Waals surface area contributed by atoms with Crippen molar-refractivity contribution >= 4 is 17.8 Å². The predicted octanol–water partition coefficient (Wildman–Crippen LogP) is 2.07. The molecule has 1 aromatic rings. The Balaban J connectivity index is 2.20. The van der Waals surface area contributed by atoms with Crippen molar-refractivity contribution in [3.63, 3.8) is 0 Å². The topological polar surface area (TPSA) is 111 Å². The van der Waals surface area contributed by atoms with Gasteiger partial charge >= 0.3 is 0 Å². The Morgan fingerprint density at radius 3 is 2.71 bits per heavy atom. The van der Waals surface area contributed by atoms with Crippen molar-refractivity contribution in [2.45, 2.75) is 26.3 Å². The van der Waals surface area contributed by atoms with Crippen LogP contribution in [0.1, 0.15) is 20.3 Å². The van der Waals surface area contributed by atoms with Crippen molar-refractivity contribution in [3.8, 4) is 0 Å². The molecule has 1 fully saturated rings. The predicted molar refractivity (Wildman–Crippen MR) is 64.0 cm³/mol. The fourth-order valence-electron chi connectivity index (χ4n) is 1.44. The summed E-state index contributed by atoms with van der Waals surface area (Å²) >= 11 is 0. The van der Waals surface area contributed by atoms with Gasteiger partial charge in [-0.05, 0) is 29.9 Å². The Labute approximate surface area is 98.5 Å². The van der Waals surface area contributed by atoms with Crippen LogP contribution in [0.5, 0.6) is 0 Å². The lowest BCUT2D eigenvalue weighted by Crippen LogP contribution is -2.10. The van der Waals surface area contributed by atoms with Crippen LogP contribution in [0.4, 0.5) is 17.8 Å². The molecule has 1 aromatic heterocycles. The summed E-state index contributed by atoms with van der Waals surface area (Å²) in [5, 5.41) is 9.54. The average Bonchev–Trinajstić information content (AvgIpc) is 2.94. The highest BCUT2D eigenvalue weighted by molar-refractivity contribution is 5.41. The summed E-state index contributed by atoms with van der Waals surface area (Å²) < 4.78 is 0. The highest BCUT2D eigenvalue weighted by Crippen LogP contribution is 2.32. The molecule has 2 N–H and O–H groups in total. The highest BCUT2D eigenvalue weighted by Gasteiger charge is 2.33. The molecule has 0 radical (unpaired) electrons. The first kappa shape index (κ1) is 11.4. The Bertz CT molecular complexity index is 452. The third kappa shape index (κ3) is 2.94. The maximum absolute atomic E-state index is 8.38. The van der Waals surface area contributed by atoms with E-state index in [4.69, 9.17) is 5.53 Å². The Kier molecular flexibility index (Phi) is 3.24. The van der Waals surface area contributed by atoms with E-state index in [0.29, 0.717) is 30.4 Å². The molecule has 0 aromatic carbocycles. The molecule has 17 heavy (non-hydrogen) atoms. The first-order valence-electron chi connectivity index (χ1n) is 5.54. The minimum absolute atomic E-state index is 0.0780. The van der Waals surface area contributed by atoms with Gasteiger partial charge in [0, 0.05) is 17.5 Å². The zero-order valence-corrected chi connectivity index (χ0v) is 9.75. The maximum Gasteiger partial charge on any atom is 0.228 e. The van der Waals surface area contributed by atoms with E-state index in [2.05, 4.69) is 42.5 Å². The smallest absolute Gasteiger partial charge is 0.228 e. The van der Waals surface area contributed by atoms with Crippen molar-refractivity contribution in [3.05, 3.63) is 10.4 Å². The van der Waals surface area contributed by atoms with Gasteiger partial charge in [-0.25, -0.2) is 0 Å². The van der Waals surface area contributed by atoms with Gasteiger partial charge in [-0.2, -0.15) is 15.0 Å². The number of nitrogens with zero attached hydrogens (tertiary/aromatic N) is 6. The molecule has 1 heterocycles. The second-order valence-electron chi connectivity index (χ2n) is 3.97. The molecule has 0 saturated heterocycles. The standard InChI is InChI=1S/C9H14N8/c1-3-11-7-13-8(12-6-4-5(6)2)15-9(14-7)16-17-10/h5-6H,3-4H2,1-2H3,(H2,11,12,13,14,15). The van der Waals surface area contributed by atoms with E-state index in [1.807, 2.05) is 6.92 Å². The number of hydrogen-bond acceptors (Lipinski definition) is 6. The van der Waals surface area contributed by atoms with Gasteiger partial charge in [0.15, 0.2) is 0 Å². The summed E-state index contributed by atoms with van der Waals surface area (Å²) in [4.78, 5) is 14.9. The van der Waals surface area contributed by atoms with Crippen LogP contribution in [0.3, 0.4) is 0 Å². The summed E-state index contributed by atoms with van der Waals surface area (Å²) in [6.07, 6.45) is 1.11. The molecule has 2 rings (SSSR count). The van der Waals surface area contributed by atoms with E-state index in [-0.39, 0.29) is 5.95 Å². The molecular formula is C9H14N8. The molecule has 0 bridgehead atoms. The first-order valence-corrected chi connectivity index (χ1v) is 5.54. The van der Waals surface area contributed by atoms with Crippen LogP contribution in [0.15, 0.2) is 5.11 Å². The third-order valence-electron chi connectivity index (χ3n) is 2.52. The van der Waals surface area contributed by atoms with Crippen LogP contribution in [-0.2, 0) is 0 Å². The zero-order valence-electron chi connectivity index (χ0n) is 9.75. The van der Waals surface area contributed by atoms with E-state index in [0.717, 1.165) is 6.42 Å². The minimum atomic E-state index is 0.0780. The molecule has 1 aliphatic rings. The first-order chi connectivity index (χ1) is 8.22. The van der Waals surface area contributed by atoms with Crippen molar-refractivity contribution in [2.24, 2.45) is 11.0 Å². The van der Waals surface area contributed by atoms with Crippen LogP contribution in [0.25, 0.3) is 10.4 Å². The van der Waals surface area contributed by atoms with E-state index in [1.54, 1.807) is 0 Å². The molecule has 0 spiro atoms. The van der Waals surface area contributed by atoms with E-state index < -0.39 is 0 Å². The van der Waals surface area contributed by atoms with Crippen LogP contribution in [-0.4, -0.2) is 27.5 Å². The van der Waals surface area contributed by atoms with Crippen molar-refractivity contribution < 1.29 is 0 Å². The lowest BCUT2D eigenvalue weighted by atomic mass is 10.5. The van der Waals surface area contributed by atoms with Crippen LogP contribution in [0.2, 0.25) is 0 Å². The summed E-state index contributed by atoms with van der Waals surface area (Å²) in [6.45, 7) is 4.78. The van der Waals surface area contributed by atoms with Crippen molar-refractivity contribution in [1.29, 1.82) is 0 Å². The number of azide groups is 1. The number of anilines is 2. The molecule has 2 unspecified atom stereocenters. The molecule has 1 saturated carbocycles. The van der Waals surface area contributed by atoms with Gasteiger partial charge < -0.3 is 10.6 Å². The van der Waals surface area contributed by atoms with Crippen LogP contribution in [0, 0.1) is 5.92 Å². The van der Waals surface area contributed by atoms with Gasteiger partial charge in [-0.15, -0.1) is 0 Å². The molecule has 8 heteroatoms. The van der Waals surface area contributed by atoms with Gasteiger partial charge in [0.1, 0.15) is 0 Å². The Hall–Kier alpha value is -2.08. The number of nitrogens with one attached hydrogen (secondary N) is 2. The molecule has 1 aliphatic carbocycles. The molecule has 90 valence electrons. The lowest BCUT2D eigenvalue weighted by molar-refractivity contribution is 0.905.